The average Bonchev–Trinajstić information content (AvgIpc) is 2.32. The number of aliphatic carboxylic acids is 1. The van der Waals surface area contributed by atoms with Gasteiger partial charge in [0, 0.05) is 25.6 Å². The highest BCUT2D eigenvalue weighted by atomic mass is 16.4. The third-order valence-corrected chi connectivity index (χ3v) is 4.21. The van der Waals surface area contributed by atoms with Crippen LogP contribution < -0.4 is 5.32 Å². The third kappa shape index (κ3) is 5.02. The Morgan fingerprint density at radius 1 is 1.35 bits per heavy atom. The van der Waals surface area contributed by atoms with Crippen molar-refractivity contribution in [3.05, 3.63) is 0 Å². The van der Waals surface area contributed by atoms with Crippen molar-refractivity contribution in [2.45, 2.75) is 59.4 Å². The molecular weight excluding hydrogens is 256 g/mol. The van der Waals surface area contributed by atoms with Gasteiger partial charge in [-0.2, -0.15) is 0 Å². The van der Waals surface area contributed by atoms with Crippen LogP contribution in [0.2, 0.25) is 0 Å². The number of carbonyl (C=O) groups is 2. The Morgan fingerprint density at radius 2 is 2.00 bits per heavy atom. The molecule has 1 aliphatic rings. The molecular formula is C15H28N2O3. The molecule has 0 bridgehead atoms. The number of nitrogens with one attached hydrogen (secondary N) is 1. The number of carbonyl (C=O) groups excluding carboxylic acids is 1. The minimum absolute atomic E-state index is 0.0600. The molecule has 1 rings (SSSR count). The number of piperidine rings is 1. The Bertz CT molecular complexity index is 350. The van der Waals surface area contributed by atoms with Gasteiger partial charge in [-0.15, -0.1) is 0 Å². The van der Waals surface area contributed by atoms with E-state index in [1.54, 1.807) is 0 Å². The van der Waals surface area contributed by atoms with Gasteiger partial charge in [-0.3, -0.25) is 4.79 Å². The lowest BCUT2D eigenvalue weighted by Crippen LogP contribution is -2.50. The molecule has 2 N–H and O–H groups in total. The Hall–Kier alpha value is -1.26. The van der Waals surface area contributed by atoms with E-state index >= 15 is 0 Å². The normalized spacial score (nSPS) is 23.5. The van der Waals surface area contributed by atoms with Gasteiger partial charge < -0.3 is 15.3 Å². The van der Waals surface area contributed by atoms with Crippen LogP contribution in [0.5, 0.6) is 0 Å². The zero-order chi connectivity index (χ0) is 15.3. The molecule has 1 fully saturated rings. The Morgan fingerprint density at radius 3 is 2.50 bits per heavy atom. The lowest BCUT2D eigenvalue weighted by molar-refractivity contribution is -0.137. The van der Waals surface area contributed by atoms with E-state index in [0.717, 1.165) is 19.4 Å². The molecule has 1 saturated heterocycles. The number of nitrogens with zero attached hydrogens (tertiary/aromatic N) is 1. The summed E-state index contributed by atoms with van der Waals surface area (Å²) in [6.45, 7) is 10.1. The van der Waals surface area contributed by atoms with Gasteiger partial charge in [0.2, 0.25) is 0 Å². The number of rotatable bonds is 4. The fraction of sp³-hybridized carbons (Fsp3) is 0.867. The van der Waals surface area contributed by atoms with Crippen molar-refractivity contribution < 1.29 is 14.7 Å². The van der Waals surface area contributed by atoms with E-state index in [4.69, 9.17) is 5.11 Å². The molecule has 2 unspecified atom stereocenters. The number of carboxylic acid groups (broad SMARTS) is 1. The minimum Gasteiger partial charge on any atom is -0.481 e. The van der Waals surface area contributed by atoms with Crippen LogP contribution in [-0.4, -0.2) is 41.1 Å². The molecule has 2 amide bonds. The second-order valence-electron chi connectivity index (χ2n) is 6.86. The van der Waals surface area contributed by atoms with Crippen LogP contribution in [-0.2, 0) is 4.79 Å². The fourth-order valence-corrected chi connectivity index (χ4v) is 2.80. The Labute approximate surface area is 121 Å². The zero-order valence-corrected chi connectivity index (χ0v) is 13.1. The summed E-state index contributed by atoms with van der Waals surface area (Å²) in [5, 5.41) is 11.4. The van der Waals surface area contributed by atoms with Crippen LogP contribution in [0.1, 0.15) is 53.4 Å². The van der Waals surface area contributed by atoms with Crippen LogP contribution in [0.15, 0.2) is 0 Å². The first-order valence-electron chi connectivity index (χ1n) is 7.48. The highest BCUT2D eigenvalue weighted by molar-refractivity contribution is 5.74. The summed E-state index contributed by atoms with van der Waals surface area (Å²) in [5.41, 5.74) is 0.290. The van der Waals surface area contributed by atoms with Gasteiger partial charge in [0.1, 0.15) is 0 Å². The molecule has 0 saturated carbocycles. The summed E-state index contributed by atoms with van der Waals surface area (Å²) in [4.78, 5) is 24.4. The van der Waals surface area contributed by atoms with E-state index in [1.807, 2.05) is 4.90 Å². The maximum atomic E-state index is 12.1. The summed E-state index contributed by atoms with van der Waals surface area (Å²) >= 11 is 0. The molecule has 20 heavy (non-hydrogen) atoms. The molecule has 1 aliphatic heterocycles. The monoisotopic (exact) mass is 284 g/mol. The minimum atomic E-state index is -0.821. The number of likely N-dealkylation sites (tertiary alicyclic amines) is 1. The largest absolute Gasteiger partial charge is 0.481 e. The maximum Gasteiger partial charge on any atom is 0.317 e. The smallest absolute Gasteiger partial charge is 0.317 e. The summed E-state index contributed by atoms with van der Waals surface area (Å²) in [6.07, 6.45) is 2.65. The van der Waals surface area contributed by atoms with Gasteiger partial charge >= 0.3 is 12.0 Å². The predicted octanol–water partition coefficient (Wildman–Crippen LogP) is 2.71. The number of carboxylic acids is 1. The molecule has 116 valence electrons. The first kappa shape index (κ1) is 16.8. The number of urea groups is 1. The van der Waals surface area contributed by atoms with E-state index in [9.17, 15) is 9.59 Å². The van der Waals surface area contributed by atoms with Crippen molar-refractivity contribution in [1.82, 2.24) is 10.2 Å². The predicted molar refractivity (Wildman–Crippen MR) is 78.6 cm³/mol. The Balaban J connectivity index is 2.37. The van der Waals surface area contributed by atoms with E-state index < -0.39 is 5.97 Å². The highest BCUT2D eigenvalue weighted by Gasteiger charge is 2.34. The molecule has 2 atom stereocenters. The number of hydrogen-bond donors (Lipinski definition) is 2. The van der Waals surface area contributed by atoms with Crippen LogP contribution >= 0.6 is 0 Å². The van der Waals surface area contributed by atoms with Gasteiger partial charge in [0.15, 0.2) is 0 Å². The lowest BCUT2D eigenvalue weighted by atomic mass is 9.73. The lowest BCUT2D eigenvalue weighted by Gasteiger charge is -2.42. The second kappa shape index (κ2) is 6.95. The van der Waals surface area contributed by atoms with Gasteiger partial charge in [-0.05, 0) is 37.5 Å². The molecule has 0 aliphatic carbocycles. The first-order chi connectivity index (χ1) is 9.21. The molecule has 5 nitrogen and oxygen atoms in total. The van der Waals surface area contributed by atoms with Gasteiger partial charge in [-0.25, -0.2) is 4.79 Å². The van der Waals surface area contributed by atoms with Crippen LogP contribution in [0, 0.1) is 11.3 Å². The van der Waals surface area contributed by atoms with E-state index in [-0.39, 0.29) is 23.9 Å². The van der Waals surface area contributed by atoms with E-state index in [0.29, 0.717) is 18.9 Å². The number of hydrogen-bond acceptors (Lipinski definition) is 2. The van der Waals surface area contributed by atoms with E-state index in [1.165, 1.54) is 0 Å². The molecule has 0 aromatic heterocycles. The summed E-state index contributed by atoms with van der Waals surface area (Å²) in [6, 6.07) is 0.183. The van der Waals surface area contributed by atoms with Crippen molar-refractivity contribution in [2.24, 2.45) is 11.3 Å². The standard InChI is InChI=1S/C15H28N2O3/c1-11-10-12(15(2,3)4)7-9-17(11)14(20)16-8-5-6-13(18)19/h11-12H,5-10H2,1-4H3,(H,16,20)(H,18,19). The van der Waals surface area contributed by atoms with Crippen molar-refractivity contribution in [1.29, 1.82) is 0 Å². The molecule has 0 aromatic rings. The van der Waals surface area contributed by atoms with Crippen LogP contribution in [0.25, 0.3) is 0 Å². The summed E-state index contributed by atoms with van der Waals surface area (Å²) in [5.74, 6) is -0.174. The second-order valence-corrected chi connectivity index (χ2v) is 6.86. The number of amides is 2. The Kier molecular flexibility index (Phi) is 5.84. The van der Waals surface area contributed by atoms with Crippen LogP contribution in [0.4, 0.5) is 4.79 Å². The molecule has 0 aromatic carbocycles. The molecule has 0 radical (unpaired) electrons. The van der Waals surface area contributed by atoms with Crippen LogP contribution in [0.3, 0.4) is 0 Å². The van der Waals surface area contributed by atoms with Crippen molar-refractivity contribution in [3.8, 4) is 0 Å². The van der Waals surface area contributed by atoms with Gasteiger partial charge in [0.05, 0.1) is 0 Å². The van der Waals surface area contributed by atoms with E-state index in [2.05, 4.69) is 33.0 Å². The molecule has 5 heteroatoms. The molecule has 1 heterocycles. The topological polar surface area (TPSA) is 69.6 Å². The average molecular weight is 284 g/mol. The van der Waals surface area contributed by atoms with Gasteiger partial charge in [-0.1, -0.05) is 20.8 Å². The van der Waals surface area contributed by atoms with Crippen molar-refractivity contribution in [3.63, 3.8) is 0 Å². The summed E-state index contributed by atoms with van der Waals surface area (Å²) < 4.78 is 0. The summed E-state index contributed by atoms with van der Waals surface area (Å²) in [7, 11) is 0. The van der Waals surface area contributed by atoms with Crippen molar-refractivity contribution >= 4 is 12.0 Å². The maximum absolute atomic E-state index is 12.1. The fourth-order valence-electron chi connectivity index (χ4n) is 2.80. The highest BCUT2D eigenvalue weighted by Crippen LogP contribution is 2.36. The first-order valence-corrected chi connectivity index (χ1v) is 7.48. The SMILES string of the molecule is CC1CC(C(C)(C)C)CCN1C(=O)NCCCC(=O)O. The quantitative estimate of drug-likeness (QED) is 0.780. The molecule has 0 spiro atoms. The van der Waals surface area contributed by atoms with Gasteiger partial charge in [0.25, 0.3) is 0 Å². The third-order valence-electron chi connectivity index (χ3n) is 4.21. The van der Waals surface area contributed by atoms with Crippen molar-refractivity contribution in [2.75, 3.05) is 13.1 Å². The zero-order valence-electron chi connectivity index (χ0n) is 13.1.